The minimum Gasteiger partial charge on any atom is -0.374 e. The molecule has 0 radical (unpaired) electrons. The molecule has 0 spiro atoms. The van der Waals surface area contributed by atoms with Crippen molar-refractivity contribution in [2.75, 3.05) is 18.5 Å². The number of fused-ring (bicyclic) bond motifs is 1. The first-order valence-electron chi connectivity index (χ1n) is 6.81. The largest absolute Gasteiger partial charge is 0.374 e. The topological polar surface area (TPSA) is 32.3 Å². The lowest BCUT2D eigenvalue weighted by molar-refractivity contribution is -0.122. The Hall–Kier alpha value is -1.51. The predicted molar refractivity (Wildman–Crippen MR) is 74.7 cm³/mol. The summed E-state index contributed by atoms with van der Waals surface area (Å²) in [5.41, 5.74) is 2.49. The molecule has 0 saturated heterocycles. The van der Waals surface area contributed by atoms with Crippen molar-refractivity contribution >= 4 is 11.6 Å². The van der Waals surface area contributed by atoms with E-state index in [0.29, 0.717) is 6.42 Å². The van der Waals surface area contributed by atoms with Crippen LogP contribution in [0, 0.1) is 0 Å². The Balaban J connectivity index is 2.07. The molecule has 2 rings (SSSR count). The number of unbranched alkanes of at least 4 members (excludes halogenated alkanes) is 1. The standard InChI is InChI=1S/C15H22N2O/c1-3-4-9-15(18)16-13-10-11-17(2)14-8-6-5-7-12(13)14/h5-8,13H,3-4,9-11H2,1-2H3,(H,16,18). The van der Waals surface area contributed by atoms with E-state index in [4.69, 9.17) is 0 Å². The second-order valence-electron chi connectivity index (χ2n) is 4.99. The second kappa shape index (κ2) is 5.89. The van der Waals surface area contributed by atoms with Gasteiger partial charge in [-0.3, -0.25) is 4.79 Å². The molecule has 18 heavy (non-hydrogen) atoms. The summed E-state index contributed by atoms with van der Waals surface area (Å²) in [7, 11) is 2.11. The molecule has 3 heteroatoms. The third-order valence-electron chi connectivity index (χ3n) is 3.57. The van der Waals surface area contributed by atoms with Crippen molar-refractivity contribution in [1.82, 2.24) is 5.32 Å². The van der Waals surface area contributed by atoms with Crippen LogP contribution >= 0.6 is 0 Å². The lowest BCUT2D eigenvalue weighted by atomic mass is 9.96. The highest BCUT2D eigenvalue weighted by Gasteiger charge is 2.23. The Kier molecular flexibility index (Phi) is 4.24. The van der Waals surface area contributed by atoms with E-state index in [-0.39, 0.29) is 11.9 Å². The molecule has 1 amide bonds. The number of hydrogen-bond acceptors (Lipinski definition) is 2. The van der Waals surface area contributed by atoms with Gasteiger partial charge in [0.05, 0.1) is 6.04 Å². The third kappa shape index (κ3) is 2.84. The van der Waals surface area contributed by atoms with Gasteiger partial charge in [-0.2, -0.15) is 0 Å². The van der Waals surface area contributed by atoms with Crippen LogP contribution in [0.15, 0.2) is 24.3 Å². The van der Waals surface area contributed by atoms with E-state index in [9.17, 15) is 4.79 Å². The number of nitrogens with one attached hydrogen (secondary N) is 1. The van der Waals surface area contributed by atoms with E-state index in [1.54, 1.807) is 0 Å². The molecule has 0 fully saturated rings. The molecule has 1 heterocycles. The molecule has 0 bridgehead atoms. The van der Waals surface area contributed by atoms with Crippen LogP contribution in [0.3, 0.4) is 0 Å². The number of anilines is 1. The predicted octanol–water partition coefficient (Wildman–Crippen LogP) is 2.87. The monoisotopic (exact) mass is 246 g/mol. The summed E-state index contributed by atoms with van der Waals surface area (Å²) < 4.78 is 0. The normalized spacial score (nSPS) is 18.3. The van der Waals surface area contributed by atoms with Crippen molar-refractivity contribution in [2.45, 2.75) is 38.6 Å². The fourth-order valence-electron chi connectivity index (χ4n) is 2.48. The Morgan fingerprint density at radius 3 is 3.00 bits per heavy atom. The van der Waals surface area contributed by atoms with Crippen LogP contribution in [0.5, 0.6) is 0 Å². The van der Waals surface area contributed by atoms with Gasteiger partial charge in [0.2, 0.25) is 5.91 Å². The van der Waals surface area contributed by atoms with Gasteiger partial charge in [0.1, 0.15) is 0 Å². The molecule has 1 aliphatic rings. The summed E-state index contributed by atoms with van der Waals surface area (Å²) in [4.78, 5) is 14.1. The van der Waals surface area contributed by atoms with E-state index < -0.39 is 0 Å². The fraction of sp³-hybridized carbons (Fsp3) is 0.533. The molecular weight excluding hydrogens is 224 g/mol. The van der Waals surface area contributed by atoms with Crippen LogP contribution in [0.2, 0.25) is 0 Å². The summed E-state index contributed by atoms with van der Waals surface area (Å²) in [5, 5.41) is 3.16. The first-order chi connectivity index (χ1) is 8.72. The molecule has 1 unspecified atom stereocenters. The Bertz CT molecular complexity index is 417. The molecule has 0 aromatic heterocycles. The molecule has 98 valence electrons. The number of amides is 1. The number of para-hydroxylation sites is 1. The molecule has 1 aromatic rings. The van der Waals surface area contributed by atoms with E-state index in [1.165, 1.54) is 11.3 Å². The van der Waals surface area contributed by atoms with Gasteiger partial charge in [-0.05, 0) is 24.5 Å². The zero-order valence-corrected chi connectivity index (χ0v) is 11.3. The quantitative estimate of drug-likeness (QED) is 0.886. The Morgan fingerprint density at radius 1 is 1.44 bits per heavy atom. The highest BCUT2D eigenvalue weighted by atomic mass is 16.1. The van der Waals surface area contributed by atoms with Crippen LogP contribution < -0.4 is 10.2 Å². The number of benzene rings is 1. The molecule has 0 saturated carbocycles. The SMILES string of the molecule is CCCCC(=O)NC1CCN(C)c2ccccc21. The highest BCUT2D eigenvalue weighted by Crippen LogP contribution is 2.32. The molecular formula is C15H22N2O. The summed E-state index contributed by atoms with van der Waals surface area (Å²) >= 11 is 0. The number of hydrogen-bond donors (Lipinski definition) is 1. The van der Waals surface area contributed by atoms with E-state index in [0.717, 1.165) is 25.8 Å². The van der Waals surface area contributed by atoms with E-state index >= 15 is 0 Å². The zero-order valence-electron chi connectivity index (χ0n) is 11.3. The van der Waals surface area contributed by atoms with Gasteiger partial charge in [-0.15, -0.1) is 0 Å². The fourth-order valence-corrected chi connectivity index (χ4v) is 2.48. The third-order valence-corrected chi connectivity index (χ3v) is 3.57. The van der Waals surface area contributed by atoms with Gasteiger partial charge >= 0.3 is 0 Å². The maximum Gasteiger partial charge on any atom is 0.220 e. The number of carbonyl (C=O) groups is 1. The maximum absolute atomic E-state index is 11.8. The minimum absolute atomic E-state index is 0.182. The van der Waals surface area contributed by atoms with Crippen LogP contribution in [0.25, 0.3) is 0 Å². The van der Waals surface area contributed by atoms with Gasteiger partial charge in [0.25, 0.3) is 0 Å². The number of rotatable bonds is 4. The zero-order chi connectivity index (χ0) is 13.0. The lowest BCUT2D eigenvalue weighted by Gasteiger charge is -2.33. The Labute approximate surface area is 109 Å². The average molecular weight is 246 g/mol. The highest BCUT2D eigenvalue weighted by molar-refractivity contribution is 5.77. The summed E-state index contributed by atoms with van der Waals surface area (Å²) in [6, 6.07) is 8.52. The van der Waals surface area contributed by atoms with Gasteiger partial charge in [0, 0.05) is 25.7 Å². The molecule has 1 aromatic carbocycles. The van der Waals surface area contributed by atoms with Crippen molar-refractivity contribution in [1.29, 1.82) is 0 Å². The van der Waals surface area contributed by atoms with Gasteiger partial charge in [0.15, 0.2) is 0 Å². The van der Waals surface area contributed by atoms with Gasteiger partial charge in [-0.1, -0.05) is 31.5 Å². The Morgan fingerprint density at radius 2 is 2.22 bits per heavy atom. The molecule has 0 aliphatic carbocycles. The molecule has 3 nitrogen and oxygen atoms in total. The number of carbonyl (C=O) groups excluding carboxylic acids is 1. The van der Waals surface area contributed by atoms with Crippen LogP contribution in [-0.2, 0) is 4.79 Å². The van der Waals surface area contributed by atoms with E-state index in [1.807, 2.05) is 6.07 Å². The number of nitrogens with zero attached hydrogens (tertiary/aromatic N) is 1. The first kappa shape index (κ1) is 12.9. The second-order valence-corrected chi connectivity index (χ2v) is 4.99. The maximum atomic E-state index is 11.8. The smallest absolute Gasteiger partial charge is 0.220 e. The molecule has 1 aliphatic heterocycles. The van der Waals surface area contributed by atoms with Crippen molar-refractivity contribution in [3.63, 3.8) is 0 Å². The van der Waals surface area contributed by atoms with E-state index in [2.05, 4.69) is 42.4 Å². The van der Waals surface area contributed by atoms with Crippen molar-refractivity contribution in [3.05, 3.63) is 29.8 Å². The lowest BCUT2D eigenvalue weighted by Crippen LogP contribution is -2.36. The van der Waals surface area contributed by atoms with Crippen molar-refractivity contribution < 1.29 is 4.79 Å². The molecule has 1 N–H and O–H groups in total. The summed E-state index contributed by atoms with van der Waals surface area (Å²) in [5.74, 6) is 0.182. The van der Waals surface area contributed by atoms with Crippen LogP contribution in [0.4, 0.5) is 5.69 Å². The minimum atomic E-state index is 0.182. The van der Waals surface area contributed by atoms with Crippen LogP contribution in [0.1, 0.15) is 44.2 Å². The van der Waals surface area contributed by atoms with Crippen molar-refractivity contribution in [2.24, 2.45) is 0 Å². The van der Waals surface area contributed by atoms with Crippen molar-refractivity contribution in [3.8, 4) is 0 Å². The summed E-state index contributed by atoms with van der Waals surface area (Å²) in [6.07, 6.45) is 3.67. The average Bonchev–Trinajstić information content (AvgIpc) is 2.40. The van der Waals surface area contributed by atoms with Gasteiger partial charge < -0.3 is 10.2 Å². The first-order valence-corrected chi connectivity index (χ1v) is 6.81. The van der Waals surface area contributed by atoms with Gasteiger partial charge in [-0.25, -0.2) is 0 Å². The summed E-state index contributed by atoms with van der Waals surface area (Å²) in [6.45, 7) is 3.11. The van der Waals surface area contributed by atoms with Crippen LogP contribution in [-0.4, -0.2) is 19.5 Å². The molecule has 1 atom stereocenters.